The van der Waals surface area contributed by atoms with Gasteiger partial charge < -0.3 is 14.2 Å². The molecule has 1 unspecified atom stereocenters. The summed E-state index contributed by atoms with van der Waals surface area (Å²) in [6.07, 6.45) is 5.76. The average molecular weight is 288 g/mol. The van der Waals surface area contributed by atoms with E-state index in [0.29, 0.717) is 12.7 Å². The number of hydrogen-bond acceptors (Lipinski definition) is 3. The van der Waals surface area contributed by atoms with E-state index in [-0.39, 0.29) is 5.60 Å². The van der Waals surface area contributed by atoms with Crippen LogP contribution in [-0.2, 0) is 11.2 Å². The first kappa shape index (κ1) is 14.5. The molecule has 0 spiro atoms. The Balaban J connectivity index is 1.43. The summed E-state index contributed by atoms with van der Waals surface area (Å²) in [7, 11) is 0. The summed E-state index contributed by atoms with van der Waals surface area (Å²) < 4.78 is 16.9. The van der Waals surface area contributed by atoms with Gasteiger partial charge in [0.25, 0.3) is 0 Å². The molecule has 1 aromatic carbocycles. The minimum atomic E-state index is 0.0984. The number of rotatable bonds is 6. The van der Waals surface area contributed by atoms with Crippen molar-refractivity contribution in [1.29, 1.82) is 0 Å². The van der Waals surface area contributed by atoms with Crippen molar-refractivity contribution in [1.82, 2.24) is 0 Å². The van der Waals surface area contributed by atoms with Gasteiger partial charge in [-0.05, 0) is 51.3 Å². The molecule has 2 heterocycles. The molecule has 0 saturated carbocycles. The number of ether oxygens (including phenoxy) is 3. The molecule has 1 atom stereocenters. The lowest BCUT2D eigenvalue weighted by atomic mass is 10.0. The molecule has 3 heteroatoms. The van der Waals surface area contributed by atoms with E-state index >= 15 is 0 Å². The van der Waals surface area contributed by atoms with Crippen molar-refractivity contribution >= 4 is 0 Å². The molecule has 3 nitrogen and oxygen atoms in total. The zero-order chi connectivity index (χ0) is 14.9. The van der Waals surface area contributed by atoms with Crippen molar-refractivity contribution in [2.24, 2.45) is 0 Å². The summed E-state index contributed by atoms with van der Waals surface area (Å²) in [5, 5.41) is 0. The minimum Gasteiger partial charge on any atom is -0.493 e. The smallest absolute Gasteiger partial charge is 0.126 e. The Bertz CT molecular complexity index is 545. The van der Waals surface area contributed by atoms with E-state index in [9.17, 15) is 0 Å². The molecule has 0 bridgehead atoms. The van der Waals surface area contributed by atoms with E-state index in [1.807, 2.05) is 12.1 Å². The zero-order valence-electron chi connectivity index (χ0n) is 13.1. The number of benzene rings is 1. The van der Waals surface area contributed by atoms with Gasteiger partial charge in [-0.1, -0.05) is 11.6 Å². The summed E-state index contributed by atoms with van der Waals surface area (Å²) in [6, 6.07) is 6.12. The van der Waals surface area contributed by atoms with E-state index in [1.165, 1.54) is 11.1 Å². The third-order valence-corrected chi connectivity index (χ3v) is 4.31. The summed E-state index contributed by atoms with van der Waals surface area (Å²) >= 11 is 0. The predicted molar refractivity (Wildman–Crippen MR) is 83.1 cm³/mol. The lowest BCUT2D eigenvalue weighted by Crippen LogP contribution is -2.03. The fourth-order valence-corrected chi connectivity index (χ4v) is 2.72. The molecule has 1 fully saturated rings. The van der Waals surface area contributed by atoms with Crippen LogP contribution in [0, 0.1) is 0 Å². The fourth-order valence-electron chi connectivity index (χ4n) is 2.72. The third-order valence-electron chi connectivity index (χ3n) is 4.31. The van der Waals surface area contributed by atoms with E-state index in [2.05, 4.69) is 32.9 Å². The molecule has 3 rings (SSSR count). The monoisotopic (exact) mass is 288 g/mol. The van der Waals surface area contributed by atoms with E-state index in [0.717, 1.165) is 37.4 Å². The van der Waals surface area contributed by atoms with Gasteiger partial charge in [0.1, 0.15) is 18.1 Å². The average Bonchev–Trinajstić information content (AvgIpc) is 2.86. The molecule has 2 aliphatic rings. The largest absolute Gasteiger partial charge is 0.493 e. The molecular weight excluding hydrogens is 264 g/mol. The van der Waals surface area contributed by atoms with Gasteiger partial charge in [0.05, 0.1) is 18.3 Å². The minimum absolute atomic E-state index is 0.0984. The first-order valence-electron chi connectivity index (χ1n) is 7.76. The maximum absolute atomic E-state index is 5.78. The van der Waals surface area contributed by atoms with Crippen LogP contribution in [0.3, 0.4) is 0 Å². The maximum Gasteiger partial charge on any atom is 0.126 e. The zero-order valence-corrected chi connectivity index (χ0v) is 13.1. The van der Waals surface area contributed by atoms with Crippen LogP contribution in [0.1, 0.15) is 39.2 Å². The highest BCUT2D eigenvalue weighted by molar-refractivity contribution is 5.42. The molecule has 0 N–H and O–H groups in total. The molecule has 0 radical (unpaired) electrons. The van der Waals surface area contributed by atoms with E-state index in [4.69, 9.17) is 14.2 Å². The molecule has 1 aromatic rings. The molecule has 2 aliphatic heterocycles. The van der Waals surface area contributed by atoms with Crippen molar-refractivity contribution in [3.63, 3.8) is 0 Å². The van der Waals surface area contributed by atoms with Gasteiger partial charge in [-0.15, -0.1) is 0 Å². The number of hydrogen-bond donors (Lipinski definition) is 0. The molecule has 0 amide bonds. The number of fused-ring (bicyclic) bond motifs is 1. The Morgan fingerprint density at radius 1 is 1.43 bits per heavy atom. The second kappa shape index (κ2) is 5.72. The summed E-state index contributed by atoms with van der Waals surface area (Å²) in [4.78, 5) is 0. The van der Waals surface area contributed by atoms with Crippen LogP contribution in [0.5, 0.6) is 11.5 Å². The molecule has 21 heavy (non-hydrogen) atoms. The second-order valence-corrected chi connectivity index (χ2v) is 6.48. The van der Waals surface area contributed by atoms with Crippen LogP contribution in [0.4, 0.5) is 0 Å². The molecular formula is C18H24O3. The van der Waals surface area contributed by atoms with Gasteiger partial charge in [-0.2, -0.15) is 0 Å². The van der Waals surface area contributed by atoms with Gasteiger partial charge in [0.15, 0.2) is 0 Å². The van der Waals surface area contributed by atoms with Crippen LogP contribution < -0.4 is 9.47 Å². The summed E-state index contributed by atoms with van der Waals surface area (Å²) in [5.41, 5.74) is 2.74. The van der Waals surface area contributed by atoms with Crippen molar-refractivity contribution in [3.05, 3.63) is 35.4 Å². The van der Waals surface area contributed by atoms with Crippen LogP contribution in [-0.4, -0.2) is 24.9 Å². The molecule has 0 aliphatic carbocycles. The normalized spacial score (nSPS) is 22.6. The Kier molecular flexibility index (Phi) is 3.94. The second-order valence-electron chi connectivity index (χ2n) is 6.48. The lowest BCUT2D eigenvalue weighted by Gasteiger charge is -2.06. The highest BCUT2D eigenvalue weighted by Gasteiger charge is 2.46. The first-order chi connectivity index (χ1) is 10.0. The van der Waals surface area contributed by atoms with Crippen molar-refractivity contribution in [3.8, 4) is 11.5 Å². The lowest BCUT2D eigenvalue weighted by molar-refractivity contribution is 0.319. The number of allylic oxidation sites excluding steroid dienone is 1. The summed E-state index contributed by atoms with van der Waals surface area (Å²) in [5.74, 6) is 1.85. The van der Waals surface area contributed by atoms with Gasteiger partial charge >= 0.3 is 0 Å². The van der Waals surface area contributed by atoms with Crippen LogP contribution in [0.25, 0.3) is 0 Å². The Hall–Kier alpha value is -1.48. The van der Waals surface area contributed by atoms with Gasteiger partial charge in [0, 0.05) is 12.5 Å². The summed E-state index contributed by atoms with van der Waals surface area (Å²) in [6.45, 7) is 7.85. The predicted octanol–water partition coefficient (Wildman–Crippen LogP) is 3.90. The molecule has 0 aromatic heterocycles. The SMILES string of the molecule is C/C(=C\COc1ccc2c(c1)OCC2)CCC1OC1(C)C. The third kappa shape index (κ3) is 3.59. The Labute approximate surface area is 126 Å². The number of epoxide rings is 1. The maximum atomic E-state index is 5.78. The Morgan fingerprint density at radius 3 is 3.00 bits per heavy atom. The van der Waals surface area contributed by atoms with Crippen LogP contribution in [0.2, 0.25) is 0 Å². The highest BCUT2D eigenvalue weighted by Crippen LogP contribution is 2.38. The van der Waals surface area contributed by atoms with E-state index < -0.39 is 0 Å². The Morgan fingerprint density at radius 2 is 2.24 bits per heavy atom. The van der Waals surface area contributed by atoms with Crippen LogP contribution >= 0.6 is 0 Å². The van der Waals surface area contributed by atoms with Gasteiger partial charge in [-0.3, -0.25) is 0 Å². The van der Waals surface area contributed by atoms with Gasteiger partial charge in [-0.25, -0.2) is 0 Å². The molecule has 114 valence electrons. The standard InChI is InChI=1S/C18H24O3/c1-13(4-7-17-18(2,3)21-17)8-10-19-15-6-5-14-9-11-20-16(14)12-15/h5-6,8,12,17H,4,7,9-11H2,1-3H3/b13-8+. The highest BCUT2D eigenvalue weighted by atomic mass is 16.6. The van der Waals surface area contributed by atoms with Crippen molar-refractivity contribution < 1.29 is 14.2 Å². The van der Waals surface area contributed by atoms with Crippen molar-refractivity contribution in [2.75, 3.05) is 13.2 Å². The fraction of sp³-hybridized carbons (Fsp3) is 0.556. The topological polar surface area (TPSA) is 31.0 Å². The molecule has 1 saturated heterocycles. The van der Waals surface area contributed by atoms with Crippen LogP contribution in [0.15, 0.2) is 29.8 Å². The van der Waals surface area contributed by atoms with Crippen molar-refractivity contribution in [2.45, 2.75) is 51.7 Å². The van der Waals surface area contributed by atoms with E-state index in [1.54, 1.807) is 0 Å². The first-order valence-corrected chi connectivity index (χ1v) is 7.76. The quantitative estimate of drug-likeness (QED) is 0.587. The van der Waals surface area contributed by atoms with Gasteiger partial charge in [0.2, 0.25) is 0 Å².